The summed E-state index contributed by atoms with van der Waals surface area (Å²) in [6.45, 7) is 4.96. The minimum atomic E-state index is -3.39. The van der Waals surface area contributed by atoms with E-state index < -0.39 is 10.0 Å². The maximum atomic E-state index is 12.8. The van der Waals surface area contributed by atoms with Crippen LogP contribution in [0.1, 0.15) is 51.1 Å². The second-order valence-electron chi connectivity index (χ2n) is 5.81. The summed E-state index contributed by atoms with van der Waals surface area (Å²) in [6, 6.07) is 7.61. The average Bonchev–Trinajstić information content (AvgIpc) is 3.01. The zero-order chi connectivity index (χ0) is 15.5. The van der Waals surface area contributed by atoms with Crippen LogP contribution in [0.5, 0.6) is 0 Å². The van der Waals surface area contributed by atoms with E-state index in [0.29, 0.717) is 4.90 Å². The first-order valence-electron chi connectivity index (χ1n) is 7.78. The molecule has 0 radical (unpaired) electrons. The van der Waals surface area contributed by atoms with E-state index in [2.05, 4.69) is 12.2 Å². The molecule has 1 N–H and O–H groups in total. The third kappa shape index (κ3) is 3.65. The molecule has 0 amide bonds. The molecule has 21 heavy (non-hydrogen) atoms. The molecule has 1 aliphatic rings. The van der Waals surface area contributed by atoms with Gasteiger partial charge in [0.15, 0.2) is 0 Å². The van der Waals surface area contributed by atoms with Gasteiger partial charge in [-0.25, -0.2) is 8.42 Å². The van der Waals surface area contributed by atoms with Gasteiger partial charge < -0.3 is 5.32 Å². The molecule has 1 atom stereocenters. The lowest BCUT2D eigenvalue weighted by atomic mass is 10.1. The van der Waals surface area contributed by atoms with Gasteiger partial charge in [-0.1, -0.05) is 31.9 Å². The maximum absolute atomic E-state index is 12.8. The summed E-state index contributed by atoms with van der Waals surface area (Å²) < 4.78 is 27.1. The molecule has 1 unspecified atom stereocenters. The Morgan fingerprint density at radius 1 is 1.33 bits per heavy atom. The van der Waals surface area contributed by atoms with Crippen molar-refractivity contribution in [3.8, 4) is 0 Å². The monoisotopic (exact) mass is 310 g/mol. The first kappa shape index (κ1) is 16.5. The van der Waals surface area contributed by atoms with Crippen molar-refractivity contribution in [2.45, 2.75) is 56.5 Å². The molecular formula is C16H26N2O2S. The standard InChI is InChI=1S/C16H26N2O2S/c1-4-17-13(2)14-8-7-11-16(12-14)21(19,20)18(3)15-9-5-6-10-15/h7-8,11-13,15,17H,4-6,9-10H2,1-3H3. The highest BCUT2D eigenvalue weighted by molar-refractivity contribution is 7.89. The van der Waals surface area contributed by atoms with Crippen LogP contribution in [0.15, 0.2) is 29.2 Å². The largest absolute Gasteiger partial charge is 0.310 e. The topological polar surface area (TPSA) is 49.4 Å². The Hall–Kier alpha value is -0.910. The number of hydrogen-bond donors (Lipinski definition) is 1. The van der Waals surface area contributed by atoms with E-state index in [4.69, 9.17) is 0 Å². The second-order valence-corrected chi connectivity index (χ2v) is 7.81. The number of sulfonamides is 1. The summed E-state index contributed by atoms with van der Waals surface area (Å²) in [7, 11) is -1.67. The Balaban J connectivity index is 2.25. The normalized spacial score (nSPS) is 18.3. The molecule has 1 saturated carbocycles. The van der Waals surface area contributed by atoms with Crippen LogP contribution in [0.3, 0.4) is 0 Å². The Labute approximate surface area is 128 Å². The smallest absolute Gasteiger partial charge is 0.243 e. The van der Waals surface area contributed by atoms with Gasteiger partial charge in [-0.3, -0.25) is 0 Å². The first-order valence-corrected chi connectivity index (χ1v) is 9.22. The van der Waals surface area contributed by atoms with Crippen molar-refractivity contribution in [3.05, 3.63) is 29.8 Å². The number of benzene rings is 1. The van der Waals surface area contributed by atoms with Crippen molar-refractivity contribution in [2.24, 2.45) is 0 Å². The van der Waals surface area contributed by atoms with Crippen molar-refractivity contribution in [3.63, 3.8) is 0 Å². The quantitative estimate of drug-likeness (QED) is 0.879. The fourth-order valence-corrected chi connectivity index (χ4v) is 4.47. The van der Waals surface area contributed by atoms with Gasteiger partial charge in [-0.15, -0.1) is 0 Å². The van der Waals surface area contributed by atoms with Crippen molar-refractivity contribution in [2.75, 3.05) is 13.6 Å². The molecule has 4 nitrogen and oxygen atoms in total. The average molecular weight is 310 g/mol. The van der Waals surface area contributed by atoms with E-state index in [0.717, 1.165) is 37.8 Å². The second kappa shape index (κ2) is 6.90. The molecule has 0 heterocycles. The van der Waals surface area contributed by atoms with Crippen molar-refractivity contribution >= 4 is 10.0 Å². The lowest BCUT2D eigenvalue weighted by Crippen LogP contribution is -2.35. The molecule has 0 saturated heterocycles. The Morgan fingerprint density at radius 2 is 2.00 bits per heavy atom. The van der Waals surface area contributed by atoms with Gasteiger partial charge in [0.1, 0.15) is 0 Å². The molecular weight excluding hydrogens is 284 g/mol. The van der Waals surface area contributed by atoms with E-state index >= 15 is 0 Å². The molecule has 1 aromatic rings. The molecule has 5 heteroatoms. The van der Waals surface area contributed by atoms with Gasteiger partial charge in [0.2, 0.25) is 10.0 Å². The molecule has 2 rings (SSSR count). The molecule has 1 aliphatic carbocycles. The molecule has 0 aliphatic heterocycles. The summed E-state index contributed by atoms with van der Waals surface area (Å²) in [5.41, 5.74) is 1.01. The van der Waals surface area contributed by atoms with Crippen molar-refractivity contribution < 1.29 is 8.42 Å². The predicted molar refractivity (Wildman–Crippen MR) is 85.7 cm³/mol. The van der Waals surface area contributed by atoms with Crippen LogP contribution in [0.2, 0.25) is 0 Å². The zero-order valence-corrected chi connectivity index (χ0v) is 14.0. The minimum Gasteiger partial charge on any atom is -0.310 e. The fourth-order valence-electron chi connectivity index (χ4n) is 3.00. The highest BCUT2D eigenvalue weighted by Crippen LogP contribution is 2.28. The van der Waals surface area contributed by atoms with Gasteiger partial charge in [0.25, 0.3) is 0 Å². The van der Waals surface area contributed by atoms with Gasteiger partial charge >= 0.3 is 0 Å². The lowest BCUT2D eigenvalue weighted by Gasteiger charge is -2.24. The van der Waals surface area contributed by atoms with Crippen LogP contribution in [-0.2, 0) is 10.0 Å². The minimum absolute atomic E-state index is 0.155. The number of nitrogens with one attached hydrogen (secondary N) is 1. The Morgan fingerprint density at radius 3 is 2.62 bits per heavy atom. The van der Waals surface area contributed by atoms with E-state index in [1.54, 1.807) is 23.5 Å². The van der Waals surface area contributed by atoms with E-state index in [9.17, 15) is 8.42 Å². The van der Waals surface area contributed by atoms with Gasteiger partial charge in [0.05, 0.1) is 4.90 Å². The van der Waals surface area contributed by atoms with Crippen LogP contribution in [0.4, 0.5) is 0 Å². The van der Waals surface area contributed by atoms with Crippen LogP contribution in [-0.4, -0.2) is 32.4 Å². The molecule has 118 valence electrons. The molecule has 0 aromatic heterocycles. The molecule has 1 aromatic carbocycles. The number of hydrogen-bond acceptors (Lipinski definition) is 3. The highest BCUT2D eigenvalue weighted by atomic mass is 32.2. The Bertz CT molecular complexity index is 565. The Kier molecular flexibility index (Phi) is 5.41. The summed E-state index contributed by atoms with van der Waals surface area (Å²) in [6.07, 6.45) is 4.20. The number of rotatable bonds is 6. The summed E-state index contributed by atoms with van der Waals surface area (Å²) >= 11 is 0. The van der Waals surface area contributed by atoms with Gasteiger partial charge in [-0.05, 0) is 44.0 Å². The zero-order valence-electron chi connectivity index (χ0n) is 13.2. The third-order valence-corrected chi connectivity index (χ3v) is 6.29. The summed E-state index contributed by atoms with van der Waals surface area (Å²) in [4.78, 5) is 0.402. The van der Waals surface area contributed by atoms with Crippen LogP contribution >= 0.6 is 0 Å². The highest BCUT2D eigenvalue weighted by Gasteiger charge is 2.30. The fraction of sp³-hybridized carbons (Fsp3) is 0.625. The van der Waals surface area contributed by atoms with E-state index in [-0.39, 0.29) is 12.1 Å². The van der Waals surface area contributed by atoms with E-state index in [1.165, 1.54) is 0 Å². The van der Waals surface area contributed by atoms with Gasteiger partial charge in [-0.2, -0.15) is 4.31 Å². The summed E-state index contributed by atoms with van der Waals surface area (Å²) in [5, 5.41) is 3.32. The van der Waals surface area contributed by atoms with Crippen molar-refractivity contribution in [1.29, 1.82) is 0 Å². The maximum Gasteiger partial charge on any atom is 0.243 e. The predicted octanol–water partition coefficient (Wildman–Crippen LogP) is 2.92. The van der Waals surface area contributed by atoms with Gasteiger partial charge in [0, 0.05) is 19.1 Å². The SMILES string of the molecule is CCNC(C)c1cccc(S(=O)(=O)N(C)C2CCCC2)c1. The first-order chi connectivity index (χ1) is 9.96. The van der Waals surface area contributed by atoms with Crippen molar-refractivity contribution in [1.82, 2.24) is 9.62 Å². The summed E-state index contributed by atoms with van der Waals surface area (Å²) in [5.74, 6) is 0. The molecule has 1 fully saturated rings. The van der Waals surface area contributed by atoms with Crippen LogP contribution in [0.25, 0.3) is 0 Å². The van der Waals surface area contributed by atoms with Crippen LogP contribution in [0, 0.1) is 0 Å². The molecule has 0 spiro atoms. The third-order valence-electron chi connectivity index (χ3n) is 4.38. The van der Waals surface area contributed by atoms with Crippen LogP contribution < -0.4 is 5.32 Å². The number of nitrogens with zero attached hydrogens (tertiary/aromatic N) is 1. The van der Waals surface area contributed by atoms with E-state index in [1.807, 2.05) is 19.1 Å². The molecule has 0 bridgehead atoms. The lowest BCUT2D eigenvalue weighted by molar-refractivity contribution is 0.373.